The van der Waals surface area contributed by atoms with Gasteiger partial charge in [0.15, 0.2) is 5.79 Å². The topological polar surface area (TPSA) is 106 Å². The summed E-state index contributed by atoms with van der Waals surface area (Å²) >= 11 is 0. The number of carbonyl (C=O) groups excluding carboxylic acids is 3. The lowest BCUT2D eigenvalue weighted by Crippen LogP contribution is -2.56. The van der Waals surface area contributed by atoms with E-state index in [-0.39, 0.29) is 30.7 Å². The van der Waals surface area contributed by atoms with Gasteiger partial charge in [0.25, 0.3) is 0 Å². The van der Waals surface area contributed by atoms with Crippen LogP contribution in [-0.4, -0.2) is 42.8 Å². The molecule has 0 aliphatic carbocycles. The van der Waals surface area contributed by atoms with Crippen LogP contribution in [0.25, 0.3) is 0 Å². The van der Waals surface area contributed by atoms with Crippen LogP contribution in [0, 0.1) is 5.41 Å². The van der Waals surface area contributed by atoms with Crippen LogP contribution in [-0.2, 0) is 23.9 Å². The molecule has 0 aromatic heterocycles. The molecule has 1 aromatic rings. The second-order valence-electron chi connectivity index (χ2n) is 13.6. The fourth-order valence-corrected chi connectivity index (χ4v) is 5.50. The molecule has 44 heavy (non-hydrogen) atoms. The van der Waals surface area contributed by atoms with E-state index in [1.165, 1.54) is 83.5 Å². The molecule has 1 saturated heterocycles. The largest absolute Gasteiger partial charge is 0.353 e. The fraction of sp³-hybridized carbons (Fsp3) is 0.750. The van der Waals surface area contributed by atoms with E-state index in [4.69, 9.17) is 9.47 Å². The Morgan fingerprint density at radius 3 is 1.66 bits per heavy atom. The van der Waals surface area contributed by atoms with E-state index in [0.29, 0.717) is 24.4 Å². The Balaban J connectivity index is 1.58. The molecular formula is C36H61N3O5. The molecule has 3 N–H and O–H groups in total. The SMILES string of the molecule is CCCCCCCCCCCCCCCCCC(=O)Nc1ccccc1NC(=O)CCNC(=O)C1OC(C)(C)OCC1(C)C. The van der Waals surface area contributed by atoms with Crippen LogP contribution >= 0.6 is 0 Å². The average Bonchev–Trinajstić information content (AvgIpc) is 2.97. The van der Waals surface area contributed by atoms with Crippen LogP contribution in [0.1, 0.15) is 144 Å². The van der Waals surface area contributed by atoms with E-state index in [1.54, 1.807) is 26.0 Å². The Morgan fingerprint density at radius 2 is 1.16 bits per heavy atom. The molecule has 1 aliphatic rings. The van der Waals surface area contributed by atoms with Crippen molar-refractivity contribution in [3.8, 4) is 0 Å². The predicted molar refractivity (Wildman–Crippen MR) is 180 cm³/mol. The first kappa shape index (κ1) is 37.7. The van der Waals surface area contributed by atoms with Gasteiger partial charge >= 0.3 is 0 Å². The predicted octanol–water partition coefficient (Wildman–Crippen LogP) is 8.51. The van der Waals surface area contributed by atoms with Crippen LogP contribution in [0.4, 0.5) is 11.4 Å². The molecule has 1 atom stereocenters. The summed E-state index contributed by atoms with van der Waals surface area (Å²) < 4.78 is 11.5. The van der Waals surface area contributed by atoms with Gasteiger partial charge in [0.05, 0.1) is 18.0 Å². The normalized spacial score (nSPS) is 17.2. The van der Waals surface area contributed by atoms with Gasteiger partial charge in [-0.15, -0.1) is 0 Å². The Kier molecular flexibility index (Phi) is 17.6. The molecule has 0 radical (unpaired) electrons. The number of unbranched alkanes of at least 4 members (excludes halogenated alkanes) is 14. The van der Waals surface area contributed by atoms with Gasteiger partial charge in [0, 0.05) is 24.8 Å². The zero-order chi connectivity index (χ0) is 32.3. The number of amides is 3. The molecule has 8 nitrogen and oxygen atoms in total. The van der Waals surface area contributed by atoms with Crippen LogP contribution in [0.5, 0.6) is 0 Å². The van der Waals surface area contributed by atoms with Crippen molar-refractivity contribution in [3.05, 3.63) is 24.3 Å². The number of anilines is 2. The van der Waals surface area contributed by atoms with Gasteiger partial charge in [0.2, 0.25) is 17.7 Å². The molecule has 3 amide bonds. The molecule has 1 fully saturated rings. The van der Waals surface area contributed by atoms with Crippen LogP contribution in [0.3, 0.4) is 0 Å². The third-order valence-electron chi connectivity index (χ3n) is 8.28. The molecular weight excluding hydrogens is 554 g/mol. The Labute approximate surface area is 267 Å². The van der Waals surface area contributed by atoms with E-state index in [2.05, 4.69) is 22.9 Å². The third kappa shape index (κ3) is 15.5. The van der Waals surface area contributed by atoms with Gasteiger partial charge in [-0.1, -0.05) is 123 Å². The standard InChI is InChI=1S/C36H61N3O5/c1-6-7-8-9-10-11-12-13-14-15-16-17-18-19-20-25-31(40)38-29-23-21-22-24-30(29)39-32(41)26-27-37-34(42)33-35(2,3)28-43-36(4,5)44-33/h21-24,33H,6-20,25-28H2,1-5H3,(H,37,42)(H,38,40)(H,39,41). The Hall–Kier alpha value is -2.45. The minimum absolute atomic E-state index is 0.0457. The number of carbonyl (C=O) groups is 3. The highest BCUT2D eigenvalue weighted by Crippen LogP contribution is 2.34. The van der Waals surface area contributed by atoms with E-state index >= 15 is 0 Å². The summed E-state index contributed by atoms with van der Waals surface area (Å²) in [5.41, 5.74) is 0.644. The monoisotopic (exact) mass is 615 g/mol. The van der Waals surface area contributed by atoms with Crippen molar-refractivity contribution < 1.29 is 23.9 Å². The van der Waals surface area contributed by atoms with Crippen molar-refractivity contribution in [2.75, 3.05) is 23.8 Å². The molecule has 2 rings (SSSR count). The molecule has 1 aromatic carbocycles. The van der Waals surface area contributed by atoms with E-state index in [1.807, 2.05) is 26.0 Å². The Bertz CT molecular complexity index is 994. The summed E-state index contributed by atoms with van der Waals surface area (Å²) in [4.78, 5) is 38.0. The summed E-state index contributed by atoms with van der Waals surface area (Å²) in [6.07, 6.45) is 19.3. The first-order chi connectivity index (χ1) is 21.0. The maximum Gasteiger partial charge on any atom is 0.249 e. The summed E-state index contributed by atoms with van der Waals surface area (Å²) in [5.74, 6) is -1.39. The molecule has 0 spiro atoms. The number of hydrogen-bond donors (Lipinski definition) is 3. The number of nitrogens with one attached hydrogen (secondary N) is 3. The van der Waals surface area contributed by atoms with Crippen LogP contribution in [0.2, 0.25) is 0 Å². The van der Waals surface area contributed by atoms with Crippen molar-refractivity contribution in [2.24, 2.45) is 5.41 Å². The highest BCUT2D eigenvalue weighted by molar-refractivity contribution is 5.99. The molecule has 1 unspecified atom stereocenters. The van der Waals surface area contributed by atoms with E-state index in [9.17, 15) is 14.4 Å². The van der Waals surface area contributed by atoms with Crippen molar-refractivity contribution in [2.45, 2.75) is 156 Å². The lowest BCUT2D eigenvalue weighted by atomic mass is 9.85. The number of ether oxygens (including phenoxy) is 2. The van der Waals surface area contributed by atoms with Crippen molar-refractivity contribution >= 4 is 29.1 Å². The molecule has 1 heterocycles. The second-order valence-corrected chi connectivity index (χ2v) is 13.6. The average molecular weight is 616 g/mol. The van der Waals surface area contributed by atoms with Gasteiger partial charge in [-0.3, -0.25) is 14.4 Å². The highest BCUT2D eigenvalue weighted by atomic mass is 16.7. The number of para-hydroxylation sites is 2. The molecule has 8 heteroatoms. The van der Waals surface area contributed by atoms with Crippen LogP contribution < -0.4 is 16.0 Å². The molecule has 0 saturated carbocycles. The first-order valence-corrected chi connectivity index (χ1v) is 17.3. The second kappa shape index (κ2) is 20.6. The summed E-state index contributed by atoms with van der Waals surface area (Å²) in [5, 5.41) is 8.63. The van der Waals surface area contributed by atoms with Gasteiger partial charge in [-0.05, 0) is 32.4 Å². The molecule has 1 aliphatic heterocycles. The summed E-state index contributed by atoms with van der Waals surface area (Å²) in [6, 6.07) is 7.19. The van der Waals surface area contributed by atoms with Crippen molar-refractivity contribution in [1.82, 2.24) is 5.32 Å². The van der Waals surface area contributed by atoms with Crippen molar-refractivity contribution in [3.63, 3.8) is 0 Å². The zero-order valence-electron chi connectivity index (χ0n) is 28.4. The highest BCUT2D eigenvalue weighted by Gasteiger charge is 2.45. The molecule has 250 valence electrons. The first-order valence-electron chi connectivity index (χ1n) is 17.3. The van der Waals surface area contributed by atoms with Gasteiger partial charge < -0.3 is 25.4 Å². The Morgan fingerprint density at radius 1 is 0.705 bits per heavy atom. The zero-order valence-corrected chi connectivity index (χ0v) is 28.4. The van der Waals surface area contributed by atoms with E-state index in [0.717, 1.165) is 12.8 Å². The third-order valence-corrected chi connectivity index (χ3v) is 8.28. The lowest BCUT2D eigenvalue weighted by Gasteiger charge is -2.44. The minimum Gasteiger partial charge on any atom is -0.353 e. The maximum atomic E-state index is 12.8. The van der Waals surface area contributed by atoms with Crippen LogP contribution in [0.15, 0.2) is 24.3 Å². The summed E-state index contributed by atoms with van der Waals surface area (Å²) in [6.45, 7) is 10.3. The van der Waals surface area contributed by atoms with Gasteiger partial charge in [0.1, 0.15) is 6.10 Å². The minimum atomic E-state index is -0.838. The van der Waals surface area contributed by atoms with Gasteiger partial charge in [-0.25, -0.2) is 0 Å². The van der Waals surface area contributed by atoms with Crippen molar-refractivity contribution in [1.29, 1.82) is 0 Å². The fourth-order valence-electron chi connectivity index (χ4n) is 5.50. The lowest BCUT2D eigenvalue weighted by molar-refractivity contribution is -0.304. The number of rotatable bonds is 22. The quantitative estimate of drug-likeness (QED) is 0.113. The van der Waals surface area contributed by atoms with E-state index < -0.39 is 17.3 Å². The maximum absolute atomic E-state index is 12.8. The number of benzene rings is 1. The molecule has 0 bridgehead atoms. The number of hydrogen-bond acceptors (Lipinski definition) is 5. The van der Waals surface area contributed by atoms with Gasteiger partial charge in [-0.2, -0.15) is 0 Å². The summed E-state index contributed by atoms with van der Waals surface area (Å²) in [7, 11) is 0. The smallest absolute Gasteiger partial charge is 0.249 e.